The molecule has 1 N–H and O–H groups in total. The van der Waals surface area contributed by atoms with Crippen LogP contribution in [-0.2, 0) is 11.3 Å². The van der Waals surface area contributed by atoms with Crippen molar-refractivity contribution in [2.75, 3.05) is 19.7 Å². The van der Waals surface area contributed by atoms with Crippen molar-refractivity contribution in [2.24, 2.45) is 0 Å². The van der Waals surface area contributed by atoms with E-state index in [2.05, 4.69) is 10.8 Å². The normalized spacial score (nSPS) is 17.0. The molecule has 0 amide bonds. The van der Waals surface area contributed by atoms with Gasteiger partial charge in [0.1, 0.15) is 0 Å². The average molecular weight is 287 g/mol. The molecule has 0 aromatic heterocycles. The molecule has 3 heteroatoms. The first-order valence-corrected chi connectivity index (χ1v) is 7.77. The zero-order valence-corrected chi connectivity index (χ0v) is 12.6. The standard InChI is InChI=1S/C18H25NO2/c1-2-12-19(17-10-6-7-11-17)13-18(20)15-21-14-16-8-4-3-5-9-16/h1,3-5,8-9,17-18,20H,6-7,10-15H2. The number of nitrogens with zero attached hydrogens (tertiary/aromatic N) is 1. The Bertz CT molecular complexity index is 434. The van der Waals surface area contributed by atoms with Crippen LogP contribution in [0, 0.1) is 12.3 Å². The van der Waals surface area contributed by atoms with Crippen molar-refractivity contribution in [1.82, 2.24) is 4.90 Å². The Hall–Kier alpha value is -1.34. The van der Waals surface area contributed by atoms with Crippen molar-refractivity contribution in [3.63, 3.8) is 0 Å². The van der Waals surface area contributed by atoms with Gasteiger partial charge in [-0.2, -0.15) is 0 Å². The molecular formula is C18H25NO2. The lowest BCUT2D eigenvalue weighted by molar-refractivity contribution is 0.00546. The van der Waals surface area contributed by atoms with Crippen LogP contribution in [-0.4, -0.2) is 41.8 Å². The maximum atomic E-state index is 10.1. The Labute approximate surface area is 127 Å². The lowest BCUT2D eigenvalue weighted by Crippen LogP contribution is -2.41. The van der Waals surface area contributed by atoms with Crippen LogP contribution in [0.5, 0.6) is 0 Å². The van der Waals surface area contributed by atoms with Gasteiger partial charge < -0.3 is 9.84 Å². The molecule has 114 valence electrons. The molecule has 1 aromatic carbocycles. The first kappa shape index (κ1) is 16.0. The molecule has 0 bridgehead atoms. The molecule has 0 spiro atoms. The number of aliphatic hydroxyl groups is 1. The maximum Gasteiger partial charge on any atom is 0.0900 e. The first-order valence-electron chi connectivity index (χ1n) is 7.77. The van der Waals surface area contributed by atoms with E-state index >= 15 is 0 Å². The second kappa shape index (κ2) is 8.84. The molecule has 0 saturated heterocycles. The lowest BCUT2D eigenvalue weighted by Gasteiger charge is -2.28. The molecule has 1 saturated carbocycles. The second-order valence-electron chi connectivity index (χ2n) is 5.73. The molecule has 0 radical (unpaired) electrons. The fourth-order valence-electron chi connectivity index (χ4n) is 2.94. The smallest absolute Gasteiger partial charge is 0.0900 e. The quantitative estimate of drug-likeness (QED) is 0.746. The molecule has 1 unspecified atom stereocenters. The molecule has 21 heavy (non-hydrogen) atoms. The van der Waals surface area contributed by atoms with E-state index in [0.717, 1.165) is 5.56 Å². The van der Waals surface area contributed by atoms with Crippen LogP contribution < -0.4 is 0 Å². The minimum Gasteiger partial charge on any atom is -0.389 e. The summed E-state index contributed by atoms with van der Waals surface area (Å²) in [6.07, 6.45) is 9.89. The molecule has 1 aromatic rings. The maximum absolute atomic E-state index is 10.1. The fourth-order valence-corrected chi connectivity index (χ4v) is 2.94. The second-order valence-corrected chi connectivity index (χ2v) is 5.73. The van der Waals surface area contributed by atoms with Crippen molar-refractivity contribution in [3.8, 4) is 12.3 Å². The highest BCUT2D eigenvalue weighted by Crippen LogP contribution is 2.23. The van der Waals surface area contributed by atoms with E-state index in [-0.39, 0.29) is 0 Å². The summed E-state index contributed by atoms with van der Waals surface area (Å²) < 4.78 is 5.59. The van der Waals surface area contributed by atoms with E-state index in [0.29, 0.717) is 32.3 Å². The molecule has 1 aliphatic rings. The molecule has 2 rings (SSSR count). The van der Waals surface area contributed by atoms with Gasteiger partial charge >= 0.3 is 0 Å². The summed E-state index contributed by atoms with van der Waals surface area (Å²) in [4.78, 5) is 2.23. The molecule has 1 fully saturated rings. The Morgan fingerprint density at radius 1 is 1.29 bits per heavy atom. The van der Waals surface area contributed by atoms with E-state index in [9.17, 15) is 5.11 Å². The highest BCUT2D eigenvalue weighted by Gasteiger charge is 2.23. The van der Waals surface area contributed by atoms with Crippen LogP contribution in [0.25, 0.3) is 0 Å². The van der Waals surface area contributed by atoms with Gasteiger partial charge in [0, 0.05) is 12.6 Å². The number of terminal acetylenes is 1. The predicted octanol–water partition coefficient (Wildman–Crippen LogP) is 2.44. The predicted molar refractivity (Wildman–Crippen MR) is 84.8 cm³/mol. The van der Waals surface area contributed by atoms with Crippen molar-refractivity contribution >= 4 is 0 Å². The van der Waals surface area contributed by atoms with Crippen molar-refractivity contribution in [3.05, 3.63) is 35.9 Å². The number of benzene rings is 1. The number of aliphatic hydroxyl groups excluding tert-OH is 1. The van der Waals surface area contributed by atoms with Gasteiger partial charge in [-0.05, 0) is 18.4 Å². The van der Waals surface area contributed by atoms with E-state index in [1.165, 1.54) is 25.7 Å². The summed E-state index contributed by atoms with van der Waals surface area (Å²) in [5.41, 5.74) is 1.13. The highest BCUT2D eigenvalue weighted by molar-refractivity contribution is 5.13. The van der Waals surface area contributed by atoms with Crippen LogP contribution in [0.15, 0.2) is 30.3 Å². The van der Waals surface area contributed by atoms with E-state index < -0.39 is 6.10 Å². The summed E-state index contributed by atoms with van der Waals surface area (Å²) in [5, 5.41) is 10.1. The Morgan fingerprint density at radius 3 is 2.67 bits per heavy atom. The summed E-state index contributed by atoms with van der Waals surface area (Å²) in [6, 6.07) is 10.5. The third-order valence-electron chi connectivity index (χ3n) is 4.00. The Kier molecular flexibility index (Phi) is 6.75. The summed E-state index contributed by atoms with van der Waals surface area (Å²) in [6.45, 7) is 2.10. The molecule has 1 atom stereocenters. The largest absolute Gasteiger partial charge is 0.389 e. The molecule has 1 aliphatic carbocycles. The average Bonchev–Trinajstić information content (AvgIpc) is 3.02. The Balaban J connectivity index is 1.71. The van der Waals surface area contributed by atoms with E-state index in [4.69, 9.17) is 11.2 Å². The Morgan fingerprint density at radius 2 is 2.00 bits per heavy atom. The zero-order valence-electron chi connectivity index (χ0n) is 12.6. The van der Waals surface area contributed by atoms with Crippen LogP contribution >= 0.6 is 0 Å². The highest BCUT2D eigenvalue weighted by atomic mass is 16.5. The fraction of sp³-hybridized carbons (Fsp3) is 0.556. The van der Waals surface area contributed by atoms with Gasteiger partial charge in [0.2, 0.25) is 0 Å². The van der Waals surface area contributed by atoms with Crippen LogP contribution in [0.1, 0.15) is 31.2 Å². The van der Waals surface area contributed by atoms with Gasteiger partial charge in [0.25, 0.3) is 0 Å². The number of ether oxygens (including phenoxy) is 1. The monoisotopic (exact) mass is 287 g/mol. The van der Waals surface area contributed by atoms with E-state index in [1.54, 1.807) is 0 Å². The molecule has 3 nitrogen and oxygen atoms in total. The summed E-state index contributed by atoms with van der Waals surface area (Å²) in [5.74, 6) is 2.71. The third-order valence-corrected chi connectivity index (χ3v) is 4.00. The van der Waals surface area contributed by atoms with Crippen LogP contribution in [0.4, 0.5) is 0 Å². The number of hydrogen-bond donors (Lipinski definition) is 1. The summed E-state index contributed by atoms with van der Waals surface area (Å²) in [7, 11) is 0. The number of hydrogen-bond acceptors (Lipinski definition) is 3. The molecule has 0 aliphatic heterocycles. The van der Waals surface area contributed by atoms with Crippen molar-refractivity contribution in [2.45, 2.75) is 44.4 Å². The topological polar surface area (TPSA) is 32.7 Å². The van der Waals surface area contributed by atoms with Gasteiger partial charge in [-0.3, -0.25) is 4.90 Å². The minimum atomic E-state index is -0.484. The summed E-state index contributed by atoms with van der Waals surface area (Å²) >= 11 is 0. The van der Waals surface area contributed by atoms with Crippen molar-refractivity contribution in [1.29, 1.82) is 0 Å². The lowest BCUT2D eigenvalue weighted by atomic mass is 10.2. The van der Waals surface area contributed by atoms with Gasteiger partial charge in [-0.1, -0.05) is 49.1 Å². The van der Waals surface area contributed by atoms with Gasteiger partial charge in [0.05, 0.1) is 25.9 Å². The first-order chi connectivity index (χ1) is 10.3. The SMILES string of the molecule is C#CCN(CC(O)COCc1ccccc1)C1CCCC1. The molecular weight excluding hydrogens is 262 g/mol. The van der Waals surface area contributed by atoms with Gasteiger partial charge in [-0.15, -0.1) is 6.42 Å². The number of rotatable bonds is 8. The zero-order chi connectivity index (χ0) is 14.9. The van der Waals surface area contributed by atoms with Gasteiger partial charge in [-0.25, -0.2) is 0 Å². The van der Waals surface area contributed by atoms with E-state index in [1.807, 2.05) is 30.3 Å². The van der Waals surface area contributed by atoms with Crippen LogP contribution in [0.3, 0.4) is 0 Å². The third kappa shape index (κ3) is 5.51. The van der Waals surface area contributed by atoms with Crippen LogP contribution in [0.2, 0.25) is 0 Å². The minimum absolute atomic E-state index is 0.350. The van der Waals surface area contributed by atoms with Gasteiger partial charge in [0.15, 0.2) is 0 Å². The van der Waals surface area contributed by atoms with Crippen molar-refractivity contribution < 1.29 is 9.84 Å². The molecule has 0 heterocycles.